The Morgan fingerprint density at radius 2 is 2.30 bits per heavy atom. The molecule has 1 fully saturated rings. The number of ether oxygens (including phenoxy) is 1. The number of nitro groups is 1. The summed E-state index contributed by atoms with van der Waals surface area (Å²) in [6.45, 7) is 2.57. The van der Waals surface area contributed by atoms with Crippen molar-refractivity contribution in [2.24, 2.45) is 0 Å². The molecule has 1 aliphatic rings. The largest absolute Gasteiger partial charge is 0.378 e. The molecule has 0 spiro atoms. The molecule has 2 rings (SSSR count). The Labute approximate surface area is 124 Å². The minimum Gasteiger partial charge on any atom is -0.378 e. The molecule has 2 unspecified atom stereocenters. The van der Waals surface area contributed by atoms with Crippen LogP contribution in [0.2, 0.25) is 0 Å². The van der Waals surface area contributed by atoms with Crippen molar-refractivity contribution in [3.63, 3.8) is 0 Å². The number of hydrogen-bond donors (Lipinski definition) is 1. The highest BCUT2D eigenvalue weighted by Gasteiger charge is 2.24. The molecule has 0 saturated carbocycles. The van der Waals surface area contributed by atoms with Crippen molar-refractivity contribution in [2.75, 3.05) is 6.61 Å². The van der Waals surface area contributed by atoms with E-state index >= 15 is 0 Å². The molecule has 0 aliphatic carbocycles. The van der Waals surface area contributed by atoms with Crippen LogP contribution in [-0.2, 0) is 4.74 Å². The van der Waals surface area contributed by atoms with E-state index in [1.165, 1.54) is 12.1 Å². The van der Waals surface area contributed by atoms with Crippen molar-refractivity contribution in [1.82, 2.24) is 5.32 Å². The molecule has 1 N–H and O–H groups in total. The van der Waals surface area contributed by atoms with Gasteiger partial charge in [-0.2, -0.15) is 0 Å². The van der Waals surface area contributed by atoms with Gasteiger partial charge in [0.05, 0.1) is 16.6 Å². The highest BCUT2D eigenvalue weighted by molar-refractivity contribution is 9.10. The lowest BCUT2D eigenvalue weighted by Crippen LogP contribution is -2.41. The van der Waals surface area contributed by atoms with Gasteiger partial charge in [0.1, 0.15) is 4.47 Å². The Morgan fingerprint density at radius 1 is 1.55 bits per heavy atom. The zero-order valence-electron chi connectivity index (χ0n) is 11.0. The van der Waals surface area contributed by atoms with Crippen molar-refractivity contribution in [2.45, 2.75) is 31.9 Å². The second kappa shape index (κ2) is 6.32. The van der Waals surface area contributed by atoms with Crippen LogP contribution in [0.25, 0.3) is 0 Å². The third kappa shape index (κ3) is 3.34. The quantitative estimate of drug-likeness (QED) is 0.676. The molecule has 0 bridgehead atoms. The third-order valence-corrected chi connectivity index (χ3v) is 4.07. The average Bonchev–Trinajstić information content (AvgIpc) is 2.38. The lowest BCUT2D eigenvalue weighted by Gasteiger charge is -2.28. The third-order valence-electron chi connectivity index (χ3n) is 3.24. The SMILES string of the molecule is CC1CC(NC(=O)c2cccc([N+](=O)[O-])c2Br)CCO1. The number of halogens is 1. The summed E-state index contributed by atoms with van der Waals surface area (Å²) >= 11 is 3.13. The smallest absolute Gasteiger partial charge is 0.284 e. The van der Waals surface area contributed by atoms with Crippen LogP contribution in [0.5, 0.6) is 0 Å². The van der Waals surface area contributed by atoms with Gasteiger partial charge in [-0.3, -0.25) is 14.9 Å². The van der Waals surface area contributed by atoms with Gasteiger partial charge in [-0.05, 0) is 41.8 Å². The van der Waals surface area contributed by atoms with Gasteiger partial charge in [0.2, 0.25) is 0 Å². The Hall–Kier alpha value is -1.47. The maximum atomic E-state index is 12.2. The fraction of sp³-hybridized carbons (Fsp3) is 0.462. The number of carbonyl (C=O) groups is 1. The second-order valence-corrected chi connectivity index (χ2v) is 5.56. The van der Waals surface area contributed by atoms with Crippen LogP contribution in [0.3, 0.4) is 0 Å². The molecular formula is C13H15BrN2O4. The average molecular weight is 343 g/mol. The van der Waals surface area contributed by atoms with Gasteiger partial charge in [-0.15, -0.1) is 0 Å². The number of nitrogens with zero attached hydrogens (tertiary/aromatic N) is 1. The number of nitro benzene ring substituents is 1. The molecule has 0 radical (unpaired) electrons. The number of nitrogens with one attached hydrogen (secondary N) is 1. The van der Waals surface area contributed by atoms with E-state index in [1.807, 2.05) is 6.92 Å². The van der Waals surface area contributed by atoms with Crippen LogP contribution in [0.15, 0.2) is 22.7 Å². The van der Waals surface area contributed by atoms with Crippen LogP contribution in [0.4, 0.5) is 5.69 Å². The number of amides is 1. The molecule has 1 aromatic carbocycles. The van der Waals surface area contributed by atoms with Crippen molar-refractivity contribution in [1.29, 1.82) is 0 Å². The van der Waals surface area contributed by atoms with Gasteiger partial charge >= 0.3 is 0 Å². The molecule has 1 saturated heterocycles. The molecule has 2 atom stereocenters. The fourth-order valence-electron chi connectivity index (χ4n) is 2.23. The zero-order valence-corrected chi connectivity index (χ0v) is 12.6. The van der Waals surface area contributed by atoms with Gasteiger partial charge in [-0.25, -0.2) is 0 Å². The topological polar surface area (TPSA) is 81.5 Å². The fourth-order valence-corrected chi connectivity index (χ4v) is 2.82. The van der Waals surface area contributed by atoms with E-state index in [4.69, 9.17) is 4.74 Å². The van der Waals surface area contributed by atoms with Crippen LogP contribution >= 0.6 is 15.9 Å². The summed E-state index contributed by atoms with van der Waals surface area (Å²) in [5, 5.41) is 13.8. The Morgan fingerprint density at radius 3 is 2.95 bits per heavy atom. The summed E-state index contributed by atoms with van der Waals surface area (Å²) in [6, 6.07) is 4.47. The van der Waals surface area contributed by atoms with Crippen LogP contribution in [0.1, 0.15) is 30.1 Å². The molecule has 6 nitrogen and oxygen atoms in total. The monoisotopic (exact) mass is 342 g/mol. The summed E-state index contributed by atoms with van der Waals surface area (Å²) in [4.78, 5) is 22.6. The molecule has 20 heavy (non-hydrogen) atoms. The summed E-state index contributed by atoms with van der Waals surface area (Å²) < 4.78 is 5.63. The second-order valence-electron chi connectivity index (χ2n) is 4.77. The Bertz CT molecular complexity index is 535. The summed E-state index contributed by atoms with van der Waals surface area (Å²) in [5.74, 6) is -0.306. The van der Waals surface area contributed by atoms with Crippen molar-refractivity contribution >= 4 is 27.5 Å². The zero-order chi connectivity index (χ0) is 14.7. The number of rotatable bonds is 3. The Kier molecular flexibility index (Phi) is 4.72. The van der Waals surface area contributed by atoms with Gasteiger partial charge in [0, 0.05) is 18.7 Å². The van der Waals surface area contributed by atoms with Crippen LogP contribution in [-0.4, -0.2) is 29.6 Å². The number of carbonyl (C=O) groups excluding carboxylic acids is 1. The van der Waals surface area contributed by atoms with Gasteiger partial charge in [0.25, 0.3) is 11.6 Å². The maximum absolute atomic E-state index is 12.2. The minimum atomic E-state index is -0.516. The van der Waals surface area contributed by atoms with Crippen molar-refractivity contribution in [3.05, 3.63) is 38.3 Å². The highest BCUT2D eigenvalue weighted by Crippen LogP contribution is 2.28. The lowest BCUT2D eigenvalue weighted by atomic mass is 10.0. The van der Waals surface area contributed by atoms with Gasteiger partial charge < -0.3 is 10.1 Å². The van der Waals surface area contributed by atoms with E-state index in [0.29, 0.717) is 6.61 Å². The predicted molar refractivity (Wildman–Crippen MR) is 76.7 cm³/mol. The van der Waals surface area contributed by atoms with Gasteiger partial charge in [0.15, 0.2) is 0 Å². The predicted octanol–water partition coefficient (Wildman–Crippen LogP) is 2.65. The summed E-state index contributed by atoms with van der Waals surface area (Å²) in [6.07, 6.45) is 1.61. The minimum absolute atomic E-state index is 0.0393. The van der Waals surface area contributed by atoms with Crippen LogP contribution < -0.4 is 5.32 Å². The normalized spacial score (nSPS) is 22.3. The molecule has 7 heteroatoms. The van der Waals surface area contributed by atoms with E-state index in [2.05, 4.69) is 21.2 Å². The lowest BCUT2D eigenvalue weighted by molar-refractivity contribution is -0.385. The summed E-state index contributed by atoms with van der Waals surface area (Å²) in [5.41, 5.74) is 0.163. The van der Waals surface area contributed by atoms with Gasteiger partial charge in [-0.1, -0.05) is 6.07 Å². The number of benzene rings is 1. The molecule has 108 valence electrons. The molecule has 1 aromatic rings. The first-order valence-electron chi connectivity index (χ1n) is 6.34. The van der Waals surface area contributed by atoms with E-state index in [0.717, 1.165) is 12.8 Å². The van der Waals surface area contributed by atoms with E-state index < -0.39 is 4.92 Å². The van der Waals surface area contributed by atoms with E-state index in [9.17, 15) is 14.9 Å². The number of hydrogen-bond acceptors (Lipinski definition) is 4. The van der Waals surface area contributed by atoms with E-state index in [1.54, 1.807) is 6.07 Å². The first kappa shape index (κ1) is 14.9. The standard InChI is InChI=1S/C13H15BrN2O4/c1-8-7-9(5-6-20-8)15-13(17)10-3-2-4-11(12(10)14)16(18)19/h2-4,8-9H,5-7H2,1H3,(H,15,17). The molecule has 0 aromatic heterocycles. The molecule has 1 aliphatic heterocycles. The van der Waals surface area contributed by atoms with E-state index in [-0.39, 0.29) is 33.8 Å². The van der Waals surface area contributed by atoms with Crippen molar-refractivity contribution in [3.8, 4) is 0 Å². The first-order chi connectivity index (χ1) is 9.49. The van der Waals surface area contributed by atoms with Crippen molar-refractivity contribution < 1.29 is 14.5 Å². The maximum Gasteiger partial charge on any atom is 0.284 e. The first-order valence-corrected chi connectivity index (χ1v) is 7.13. The summed E-state index contributed by atoms with van der Waals surface area (Å²) in [7, 11) is 0. The Balaban J connectivity index is 2.13. The molecule has 1 heterocycles. The molecule has 1 amide bonds. The highest BCUT2D eigenvalue weighted by atomic mass is 79.9. The molecular weight excluding hydrogens is 328 g/mol. The van der Waals surface area contributed by atoms with Crippen LogP contribution in [0, 0.1) is 10.1 Å².